The summed E-state index contributed by atoms with van der Waals surface area (Å²) in [5.74, 6) is -1.13. The molecular formula is C51H76O6. The van der Waals surface area contributed by atoms with E-state index in [4.69, 9.17) is 14.2 Å². The van der Waals surface area contributed by atoms with E-state index in [9.17, 15) is 14.4 Å². The van der Waals surface area contributed by atoms with Crippen LogP contribution in [0.1, 0.15) is 149 Å². The summed E-state index contributed by atoms with van der Waals surface area (Å²) in [4.78, 5) is 37.6. The van der Waals surface area contributed by atoms with E-state index in [0.717, 1.165) is 83.5 Å². The average Bonchev–Trinajstić information content (AvgIpc) is 3.21. The minimum Gasteiger partial charge on any atom is -0.462 e. The van der Waals surface area contributed by atoms with Gasteiger partial charge in [-0.3, -0.25) is 14.4 Å². The number of esters is 3. The molecule has 0 N–H and O–H groups in total. The molecular weight excluding hydrogens is 709 g/mol. The Bertz CT molecular complexity index is 1320. The van der Waals surface area contributed by atoms with Gasteiger partial charge < -0.3 is 14.2 Å². The Morgan fingerprint density at radius 2 is 0.772 bits per heavy atom. The lowest BCUT2D eigenvalue weighted by atomic mass is 10.1. The molecule has 0 aliphatic heterocycles. The van der Waals surface area contributed by atoms with Crippen LogP contribution < -0.4 is 0 Å². The van der Waals surface area contributed by atoms with Crippen molar-refractivity contribution in [2.24, 2.45) is 0 Å². The lowest BCUT2D eigenvalue weighted by molar-refractivity contribution is -0.166. The second-order valence-corrected chi connectivity index (χ2v) is 13.7. The van der Waals surface area contributed by atoms with Gasteiger partial charge in [-0.2, -0.15) is 0 Å². The van der Waals surface area contributed by atoms with Crippen LogP contribution in [-0.4, -0.2) is 37.2 Å². The third kappa shape index (κ3) is 42.5. The Hall–Kier alpha value is -4.45. The summed E-state index contributed by atoms with van der Waals surface area (Å²) >= 11 is 0. The first-order valence-corrected chi connectivity index (χ1v) is 21.8. The Balaban J connectivity index is 4.57. The van der Waals surface area contributed by atoms with Gasteiger partial charge in [-0.05, 0) is 70.6 Å². The predicted octanol–water partition coefficient (Wildman–Crippen LogP) is 14.0. The van der Waals surface area contributed by atoms with Crippen molar-refractivity contribution in [1.29, 1.82) is 0 Å². The van der Waals surface area contributed by atoms with E-state index in [1.807, 2.05) is 54.7 Å². The topological polar surface area (TPSA) is 78.9 Å². The molecule has 0 fully saturated rings. The van der Waals surface area contributed by atoms with Gasteiger partial charge in [0.05, 0.1) is 6.42 Å². The van der Waals surface area contributed by atoms with Crippen molar-refractivity contribution in [1.82, 2.24) is 0 Å². The maximum absolute atomic E-state index is 12.7. The summed E-state index contributed by atoms with van der Waals surface area (Å²) in [5.41, 5.74) is 0. The van der Waals surface area contributed by atoms with Crippen LogP contribution in [0.25, 0.3) is 0 Å². The molecule has 0 rings (SSSR count). The van der Waals surface area contributed by atoms with Crippen molar-refractivity contribution in [2.45, 2.75) is 155 Å². The Kier molecular flexibility index (Phi) is 40.8. The van der Waals surface area contributed by atoms with Gasteiger partial charge in [0.1, 0.15) is 13.2 Å². The van der Waals surface area contributed by atoms with Crippen molar-refractivity contribution in [3.63, 3.8) is 0 Å². The summed E-state index contributed by atoms with van der Waals surface area (Å²) in [6, 6.07) is 0. The summed E-state index contributed by atoms with van der Waals surface area (Å²) in [6.07, 6.45) is 61.8. The van der Waals surface area contributed by atoms with Crippen molar-refractivity contribution in [3.8, 4) is 0 Å². The molecule has 0 radical (unpaired) electrons. The molecule has 0 bridgehead atoms. The number of unbranched alkanes of at least 4 members (excludes halogenated alkanes) is 10. The second kappa shape index (κ2) is 44.3. The molecule has 6 heteroatoms. The molecule has 0 aromatic rings. The minimum atomic E-state index is -0.840. The van der Waals surface area contributed by atoms with Crippen molar-refractivity contribution < 1.29 is 28.6 Å². The summed E-state index contributed by atoms with van der Waals surface area (Å²) in [6.45, 7) is 6.05. The molecule has 316 valence electrons. The van der Waals surface area contributed by atoms with Gasteiger partial charge in [-0.1, -0.05) is 193 Å². The molecule has 57 heavy (non-hydrogen) atoms. The number of carbonyl (C=O) groups is 3. The number of rotatable bonds is 36. The van der Waals surface area contributed by atoms with Crippen molar-refractivity contribution in [3.05, 3.63) is 134 Å². The maximum atomic E-state index is 12.7. The molecule has 0 aliphatic carbocycles. The monoisotopic (exact) mass is 785 g/mol. The Labute approximate surface area is 347 Å². The van der Waals surface area contributed by atoms with E-state index >= 15 is 0 Å². The normalized spacial score (nSPS) is 13.4. The van der Waals surface area contributed by atoms with E-state index < -0.39 is 12.1 Å². The van der Waals surface area contributed by atoms with E-state index in [2.05, 4.69) is 93.7 Å². The molecule has 0 saturated carbocycles. The van der Waals surface area contributed by atoms with Crippen LogP contribution in [0, 0.1) is 0 Å². The highest BCUT2D eigenvalue weighted by Gasteiger charge is 2.19. The van der Waals surface area contributed by atoms with Crippen LogP contribution in [-0.2, 0) is 28.6 Å². The van der Waals surface area contributed by atoms with Crippen LogP contribution in [0.5, 0.6) is 0 Å². The van der Waals surface area contributed by atoms with Crippen LogP contribution in [0.15, 0.2) is 134 Å². The number of ether oxygens (including phenoxy) is 3. The number of carbonyl (C=O) groups excluding carboxylic acids is 3. The number of allylic oxidation sites excluding steroid dienone is 21. The van der Waals surface area contributed by atoms with Gasteiger partial charge in [-0.25, -0.2) is 0 Å². The lowest BCUT2D eigenvalue weighted by Crippen LogP contribution is -2.30. The van der Waals surface area contributed by atoms with Crippen LogP contribution in [0.4, 0.5) is 0 Å². The van der Waals surface area contributed by atoms with Crippen LogP contribution in [0.3, 0.4) is 0 Å². The minimum absolute atomic E-state index is 0.117. The standard InChI is InChI=1S/C51H76O6/c1-4-7-10-13-16-19-21-23-25-27-29-32-35-38-41-44-50(53)56-47-48(46-55-49(52)43-40-37-34-31-18-15-12-9-6-3)57-51(54)45-42-39-36-33-30-28-26-24-22-20-17-14-11-8-5-2/h7-14,16-23,25,27,29,31,37,40,48H,4-6,15,24,26,28,30,32-36,38-39,41-47H2,1-3H3/b10-7-,11-8-,12-9-,16-13-,17-14-,21-19-,22-20-,25-23-,29-27-,31-18-,40-37-. The third-order valence-electron chi connectivity index (χ3n) is 8.35. The Morgan fingerprint density at radius 1 is 0.386 bits per heavy atom. The zero-order valence-electron chi connectivity index (χ0n) is 35.8. The van der Waals surface area contributed by atoms with E-state index in [1.54, 1.807) is 6.08 Å². The fraction of sp³-hybridized carbons (Fsp3) is 0.510. The quantitative estimate of drug-likeness (QED) is 0.0207. The fourth-order valence-electron chi connectivity index (χ4n) is 5.17. The third-order valence-corrected chi connectivity index (χ3v) is 8.35. The lowest BCUT2D eigenvalue weighted by Gasteiger charge is -2.18. The van der Waals surface area contributed by atoms with Gasteiger partial charge in [0.2, 0.25) is 0 Å². The van der Waals surface area contributed by atoms with Crippen molar-refractivity contribution >= 4 is 17.9 Å². The molecule has 0 spiro atoms. The second-order valence-electron chi connectivity index (χ2n) is 13.7. The van der Waals surface area contributed by atoms with Gasteiger partial charge in [0.15, 0.2) is 6.10 Å². The van der Waals surface area contributed by atoms with E-state index in [0.29, 0.717) is 6.42 Å². The fourth-order valence-corrected chi connectivity index (χ4v) is 5.17. The zero-order chi connectivity index (χ0) is 41.5. The highest BCUT2D eigenvalue weighted by Crippen LogP contribution is 2.12. The number of hydrogen-bond donors (Lipinski definition) is 0. The Morgan fingerprint density at radius 3 is 1.30 bits per heavy atom. The molecule has 0 aromatic carbocycles. The first-order valence-electron chi connectivity index (χ1n) is 21.8. The predicted molar refractivity (Wildman–Crippen MR) is 242 cm³/mol. The van der Waals surface area contributed by atoms with Crippen molar-refractivity contribution in [2.75, 3.05) is 13.2 Å². The first-order chi connectivity index (χ1) is 28.0. The summed E-state index contributed by atoms with van der Waals surface area (Å²) in [7, 11) is 0. The molecule has 6 nitrogen and oxygen atoms in total. The first kappa shape index (κ1) is 52.6. The van der Waals surface area contributed by atoms with Gasteiger partial charge >= 0.3 is 17.9 Å². The SMILES string of the molecule is CC\C=C/C=C\C=C/C=C\C=C/CCCCCC(=O)OCC(COC(=O)C/C=C\C/C=C\C/C=C\CC)OC(=O)CCCCCCCCC\C=C/C=C\C=C/CC. The summed E-state index contributed by atoms with van der Waals surface area (Å²) in [5, 5.41) is 0. The highest BCUT2D eigenvalue weighted by atomic mass is 16.6. The molecule has 1 atom stereocenters. The smallest absolute Gasteiger partial charge is 0.309 e. The molecule has 1 unspecified atom stereocenters. The van der Waals surface area contributed by atoms with Gasteiger partial charge in [0, 0.05) is 12.8 Å². The molecule has 0 aromatic heterocycles. The zero-order valence-corrected chi connectivity index (χ0v) is 35.8. The van der Waals surface area contributed by atoms with Gasteiger partial charge in [0.25, 0.3) is 0 Å². The molecule has 0 amide bonds. The molecule has 0 aliphatic rings. The van der Waals surface area contributed by atoms with Gasteiger partial charge in [-0.15, -0.1) is 0 Å². The maximum Gasteiger partial charge on any atom is 0.309 e. The van der Waals surface area contributed by atoms with Crippen LogP contribution in [0.2, 0.25) is 0 Å². The number of hydrogen-bond acceptors (Lipinski definition) is 6. The van der Waals surface area contributed by atoms with Crippen LogP contribution >= 0.6 is 0 Å². The summed E-state index contributed by atoms with van der Waals surface area (Å²) < 4.78 is 16.5. The van der Waals surface area contributed by atoms with E-state index in [1.165, 1.54) is 19.3 Å². The highest BCUT2D eigenvalue weighted by molar-refractivity contribution is 5.72. The molecule has 0 saturated heterocycles. The average molecular weight is 785 g/mol. The largest absolute Gasteiger partial charge is 0.462 e. The van der Waals surface area contributed by atoms with E-state index in [-0.39, 0.29) is 44.4 Å². The molecule has 0 heterocycles.